The van der Waals surface area contributed by atoms with Crippen LogP contribution in [0.15, 0.2) is 177 Å². The largest absolute Gasteiger partial charge is 0.292 e. The van der Waals surface area contributed by atoms with Crippen LogP contribution in [-0.2, 0) is 0 Å². The van der Waals surface area contributed by atoms with Crippen molar-refractivity contribution >= 4 is 12.2 Å². The van der Waals surface area contributed by atoms with Gasteiger partial charge in [0, 0.05) is 40.3 Å². The average Bonchev–Trinajstić information content (AvgIpc) is 3.61. The number of pyridine rings is 1. The van der Waals surface area contributed by atoms with Gasteiger partial charge in [-0.2, -0.15) is 0 Å². The van der Waals surface area contributed by atoms with E-state index in [0.717, 1.165) is 73.2 Å². The summed E-state index contributed by atoms with van der Waals surface area (Å²) in [6.45, 7) is 8.03. The van der Waals surface area contributed by atoms with Gasteiger partial charge in [0.25, 0.3) is 0 Å². The van der Waals surface area contributed by atoms with Gasteiger partial charge in [-0.25, -0.2) is 15.0 Å². The molecule has 0 amide bonds. The summed E-state index contributed by atoms with van der Waals surface area (Å²) in [5.74, 6) is 1.47. The maximum absolute atomic E-state index is 4.99. The van der Waals surface area contributed by atoms with Crippen molar-refractivity contribution in [2.75, 3.05) is 0 Å². The fourth-order valence-electron chi connectivity index (χ4n) is 6.30. The molecule has 0 saturated carbocycles. The Morgan fingerprint density at radius 2 is 0.941 bits per heavy atom. The zero-order valence-electron chi connectivity index (χ0n) is 27.9. The van der Waals surface area contributed by atoms with Crippen LogP contribution in [0.4, 0.5) is 0 Å². The third-order valence-electron chi connectivity index (χ3n) is 8.93. The fraction of sp³-hybridized carbons (Fsp3) is 0. The van der Waals surface area contributed by atoms with Crippen molar-refractivity contribution in [1.29, 1.82) is 0 Å². The number of hydrogen-bond donors (Lipinski definition) is 0. The number of nitrogens with zero attached hydrogens (tertiary/aromatic N) is 5. The lowest BCUT2D eigenvalue weighted by molar-refractivity contribution is 1.05. The Morgan fingerprint density at radius 3 is 1.45 bits per heavy atom. The zero-order chi connectivity index (χ0) is 34.6. The van der Waals surface area contributed by atoms with Crippen LogP contribution in [0.5, 0.6) is 0 Å². The third kappa shape index (κ3) is 6.32. The first-order valence-corrected chi connectivity index (χ1v) is 16.8. The van der Waals surface area contributed by atoms with Crippen molar-refractivity contribution in [3.63, 3.8) is 0 Å². The lowest BCUT2D eigenvalue weighted by Crippen LogP contribution is -1.99. The molecule has 8 rings (SSSR count). The average molecular weight is 656 g/mol. The Morgan fingerprint density at radius 1 is 0.451 bits per heavy atom. The van der Waals surface area contributed by atoms with Crippen LogP contribution in [0, 0.1) is 0 Å². The van der Waals surface area contributed by atoms with E-state index in [2.05, 4.69) is 138 Å². The van der Waals surface area contributed by atoms with Crippen LogP contribution >= 0.6 is 0 Å². The Kier molecular flexibility index (Phi) is 8.51. The molecule has 0 atom stereocenters. The molecule has 242 valence electrons. The minimum atomic E-state index is 0.635. The van der Waals surface area contributed by atoms with Crippen molar-refractivity contribution in [2.45, 2.75) is 0 Å². The van der Waals surface area contributed by atoms with E-state index in [0.29, 0.717) is 5.82 Å². The van der Waals surface area contributed by atoms with Crippen molar-refractivity contribution in [1.82, 2.24) is 24.5 Å². The van der Waals surface area contributed by atoms with Crippen molar-refractivity contribution < 1.29 is 0 Å². The van der Waals surface area contributed by atoms with Crippen molar-refractivity contribution in [3.8, 4) is 73.2 Å². The zero-order valence-corrected chi connectivity index (χ0v) is 27.9. The summed E-state index contributed by atoms with van der Waals surface area (Å²) in [5.41, 5.74) is 12.9. The summed E-state index contributed by atoms with van der Waals surface area (Å²) in [7, 11) is 0. The standard InChI is InChI=1S/C46H33N5/c1-3-41-44(4-2)51(40-15-9-6-10-16-40)46(50-41)38-27-21-35(22-28-38)34-19-25-37(26-20-34)43-30-42(48-45(49-43)39-14-11-29-47-31-39)36-23-17-33(18-24-36)32-12-7-5-8-13-32/h3-31H,1-2H2. The molecule has 3 aromatic heterocycles. The number of hydrogen-bond acceptors (Lipinski definition) is 4. The Hall–Kier alpha value is -6.98. The third-order valence-corrected chi connectivity index (χ3v) is 8.93. The molecular weight excluding hydrogens is 623 g/mol. The minimum Gasteiger partial charge on any atom is -0.292 e. The first-order valence-electron chi connectivity index (χ1n) is 16.8. The predicted molar refractivity (Wildman–Crippen MR) is 210 cm³/mol. The van der Waals surface area contributed by atoms with Crippen LogP contribution in [0.1, 0.15) is 11.4 Å². The van der Waals surface area contributed by atoms with Crippen LogP contribution in [-0.4, -0.2) is 24.5 Å². The predicted octanol–water partition coefficient (Wildman–Crippen LogP) is 11.3. The summed E-state index contributed by atoms with van der Waals surface area (Å²) >= 11 is 0. The molecule has 5 heteroatoms. The molecule has 0 fully saturated rings. The second-order valence-electron chi connectivity index (χ2n) is 12.1. The fourth-order valence-corrected chi connectivity index (χ4v) is 6.30. The van der Waals surface area contributed by atoms with Gasteiger partial charge in [0.15, 0.2) is 5.82 Å². The Balaban J connectivity index is 1.11. The maximum atomic E-state index is 4.99. The van der Waals surface area contributed by atoms with Gasteiger partial charge in [0.05, 0.1) is 22.8 Å². The van der Waals surface area contributed by atoms with E-state index >= 15 is 0 Å². The second-order valence-corrected chi connectivity index (χ2v) is 12.1. The molecule has 3 heterocycles. The lowest BCUT2D eigenvalue weighted by atomic mass is 10.00. The van der Waals surface area contributed by atoms with E-state index in [1.807, 2.05) is 42.5 Å². The summed E-state index contributed by atoms with van der Waals surface area (Å²) in [4.78, 5) is 19.2. The molecule has 0 bridgehead atoms. The molecular formula is C46H33N5. The molecule has 5 nitrogen and oxygen atoms in total. The summed E-state index contributed by atoms with van der Waals surface area (Å²) in [6.07, 6.45) is 7.17. The van der Waals surface area contributed by atoms with Gasteiger partial charge >= 0.3 is 0 Å². The summed E-state index contributed by atoms with van der Waals surface area (Å²) in [6, 6.07) is 52.1. The number of rotatable bonds is 9. The van der Waals surface area contributed by atoms with Gasteiger partial charge in [0.1, 0.15) is 5.82 Å². The maximum Gasteiger partial charge on any atom is 0.161 e. The molecule has 0 unspecified atom stereocenters. The minimum absolute atomic E-state index is 0.635. The van der Waals surface area contributed by atoms with E-state index in [9.17, 15) is 0 Å². The molecule has 0 N–H and O–H groups in total. The number of imidazole rings is 1. The van der Waals surface area contributed by atoms with Gasteiger partial charge in [-0.15, -0.1) is 0 Å². The first kappa shape index (κ1) is 31.3. The van der Waals surface area contributed by atoms with Gasteiger partial charge in [-0.05, 0) is 64.7 Å². The van der Waals surface area contributed by atoms with Crippen LogP contribution in [0.3, 0.4) is 0 Å². The second kappa shape index (κ2) is 13.9. The quantitative estimate of drug-likeness (QED) is 0.155. The lowest BCUT2D eigenvalue weighted by Gasteiger charge is -2.12. The van der Waals surface area contributed by atoms with Crippen molar-refractivity contribution in [2.24, 2.45) is 0 Å². The summed E-state index contributed by atoms with van der Waals surface area (Å²) < 4.78 is 2.13. The number of aromatic nitrogens is 5. The Labute approximate surface area is 297 Å². The van der Waals surface area contributed by atoms with Gasteiger partial charge in [-0.1, -0.05) is 134 Å². The van der Waals surface area contributed by atoms with Gasteiger partial charge in [0.2, 0.25) is 0 Å². The molecule has 0 saturated heterocycles. The molecule has 5 aromatic carbocycles. The van der Waals surface area contributed by atoms with Gasteiger partial charge < -0.3 is 0 Å². The molecule has 0 aliphatic heterocycles. The van der Waals surface area contributed by atoms with Crippen LogP contribution < -0.4 is 0 Å². The van der Waals surface area contributed by atoms with E-state index in [-0.39, 0.29) is 0 Å². The van der Waals surface area contributed by atoms with Gasteiger partial charge in [-0.3, -0.25) is 9.55 Å². The van der Waals surface area contributed by atoms with E-state index in [4.69, 9.17) is 15.0 Å². The van der Waals surface area contributed by atoms with Crippen LogP contribution in [0.2, 0.25) is 0 Å². The van der Waals surface area contributed by atoms with Crippen molar-refractivity contribution in [3.05, 3.63) is 189 Å². The highest BCUT2D eigenvalue weighted by Crippen LogP contribution is 2.33. The highest BCUT2D eigenvalue weighted by Gasteiger charge is 2.17. The van der Waals surface area contributed by atoms with E-state index in [1.165, 1.54) is 5.56 Å². The Bertz CT molecular complexity index is 2450. The highest BCUT2D eigenvalue weighted by atomic mass is 15.1. The molecule has 51 heavy (non-hydrogen) atoms. The SMILES string of the molecule is C=Cc1nc(-c2ccc(-c3ccc(-c4cc(-c5ccc(-c6ccccc6)cc5)nc(-c5cccnc5)n4)cc3)cc2)n(-c2ccccc2)c1C=C. The number of benzene rings is 5. The van der Waals surface area contributed by atoms with E-state index in [1.54, 1.807) is 18.5 Å². The molecule has 8 aromatic rings. The number of para-hydroxylation sites is 1. The smallest absolute Gasteiger partial charge is 0.161 e. The monoisotopic (exact) mass is 655 g/mol. The van der Waals surface area contributed by atoms with E-state index < -0.39 is 0 Å². The van der Waals surface area contributed by atoms with Crippen LogP contribution in [0.25, 0.3) is 85.4 Å². The normalized spacial score (nSPS) is 10.9. The topological polar surface area (TPSA) is 56.5 Å². The molecule has 0 aliphatic carbocycles. The molecule has 0 aliphatic rings. The molecule has 0 radical (unpaired) electrons. The molecule has 0 spiro atoms. The first-order chi connectivity index (χ1) is 25.2. The highest BCUT2D eigenvalue weighted by molar-refractivity contribution is 5.77. The summed E-state index contributed by atoms with van der Waals surface area (Å²) in [5, 5.41) is 0.